The molecule has 6 heteroatoms. The van der Waals surface area contributed by atoms with Gasteiger partial charge in [0.05, 0.1) is 17.6 Å². The molecule has 0 bridgehead atoms. The summed E-state index contributed by atoms with van der Waals surface area (Å²) in [5.41, 5.74) is 2.59. The summed E-state index contributed by atoms with van der Waals surface area (Å²) in [5.74, 6) is 6.66. The number of nitrogens with two attached hydrogens (primary N) is 1. The van der Waals surface area contributed by atoms with E-state index < -0.39 is 0 Å². The third-order valence-corrected chi connectivity index (χ3v) is 3.12. The Bertz CT molecular complexity index is 592. The third kappa shape index (κ3) is 1.79. The summed E-state index contributed by atoms with van der Waals surface area (Å²) in [6, 6.07) is 5.82. The van der Waals surface area contributed by atoms with Crippen molar-refractivity contribution < 1.29 is 0 Å². The lowest BCUT2D eigenvalue weighted by Crippen LogP contribution is -2.35. The number of hydrogen-bond acceptors (Lipinski definition) is 5. The molecule has 0 radical (unpaired) electrons. The molecule has 1 unspecified atom stereocenters. The predicted molar refractivity (Wildman–Crippen MR) is 69.7 cm³/mol. The maximum Gasteiger partial charge on any atom is 0.148 e. The van der Waals surface area contributed by atoms with E-state index in [4.69, 9.17) is 5.84 Å². The van der Waals surface area contributed by atoms with Gasteiger partial charge in [0.25, 0.3) is 0 Å². The van der Waals surface area contributed by atoms with E-state index in [1.807, 2.05) is 18.2 Å². The molecule has 1 atom stereocenters. The molecule has 0 fully saturated rings. The van der Waals surface area contributed by atoms with Crippen LogP contribution in [-0.4, -0.2) is 32.3 Å². The van der Waals surface area contributed by atoms with Crippen molar-refractivity contribution in [2.24, 2.45) is 10.8 Å². The monoisotopic (exact) mass is 291 g/mol. The normalized spacial score (nSPS) is 19.8. The summed E-state index contributed by atoms with van der Waals surface area (Å²) >= 11 is 3.44. The largest absolute Gasteiger partial charge is 0.292 e. The average molecular weight is 292 g/mol. The minimum Gasteiger partial charge on any atom is -0.292 e. The highest BCUT2D eigenvalue weighted by molar-refractivity contribution is 9.09. The molecule has 2 heterocycles. The fourth-order valence-electron chi connectivity index (χ4n) is 1.89. The van der Waals surface area contributed by atoms with E-state index >= 15 is 0 Å². The Balaban J connectivity index is 2.21. The maximum absolute atomic E-state index is 5.92. The van der Waals surface area contributed by atoms with Gasteiger partial charge in [0.2, 0.25) is 0 Å². The number of benzene rings is 1. The first-order valence-corrected chi connectivity index (χ1v) is 6.11. The summed E-state index contributed by atoms with van der Waals surface area (Å²) in [5, 5.41) is 1.63. The summed E-state index contributed by atoms with van der Waals surface area (Å²) in [7, 11) is 0. The average Bonchev–Trinajstić information content (AvgIpc) is 2.68. The minimum absolute atomic E-state index is 0.0365. The van der Waals surface area contributed by atoms with E-state index in [0.717, 1.165) is 22.4 Å². The molecule has 17 heavy (non-hydrogen) atoms. The quantitative estimate of drug-likeness (QED) is 0.488. The SMILES string of the molecule is NN1CC(Br)N=C1c1cccc2nccnc12. The maximum atomic E-state index is 5.92. The molecule has 0 saturated heterocycles. The van der Waals surface area contributed by atoms with Crippen LogP contribution in [0.5, 0.6) is 0 Å². The summed E-state index contributed by atoms with van der Waals surface area (Å²) in [6.07, 6.45) is 3.35. The number of amidine groups is 1. The summed E-state index contributed by atoms with van der Waals surface area (Å²) < 4.78 is 0. The number of alkyl halides is 1. The van der Waals surface area contributed by atoms with Gasteiger partial charge in [0.1, 0.15) is 10.8 Å². The number of fused-ring (bicyclic) bond motifs is 1. The summed E-state index contributed by atoms with van der Waals surface area (Å²) in [4.78, 5) is 13.1. The van der Waals surface area contributed by atoms with Crippen molar-refractivity contribution in [2.75, 3.05) is 6.54 Å². The van der Waals surface area contributed by atoms with Crippen LogP contribution in [-0.2, 0) is 0 Å². The summed E-state index contributed by atoms with van der Waals surface area (Å²) in [6.45, 7) is 0.659. The zero-order valence-corrected chi connectivity index (χ0v) is 10.5. The molecule has 1 aliphatic heterocycles. The van der Waals surface area contributed by atoms with Crippen LogP contribution in [0.25, 0.3) is 11.0 Å². The van der Waals surface area contributed by atoms with Crippen molar-refractivity contribution in [3.63, 3.8) is 0 Å². The van der Waals surface area contributed by atoms with Crippen molar-refractivity contribution in [1.29, 1.82) is 0 Å². The van der Waals surface area contributed by atoms with Gasteiger partial charge in [0, 0.05) is 18.0 Å². The minimum atomic E-state index is 0.0365. The first kappa shape index (κ1) is 10.6. The van der Waals surface area contributed by atoms with Crippen molar-refractivity contribution in [2.45, 2.75) is 4.95 Å². The van der Waals surface area contributed by atoms with Gasteiger partial charge < -0.3 is 0 Å². The number of para-hydroxylation sites is 1. The Kier molecular flexibility index (Phi) is 2.53. The molecule has 2 N–H and O–H groups in total. The van der Waals surface area contributed by atoms with Crippen LogP contribution in [0.4, 0.5) is 0 Å². The molecule has 1 aromatic carbocycles. The van der Waals surface area contributed by atoms with E-state index in [2.05, 4.69) is 30.9 Å². The van der Waals surface area contributed by atoms with E-state index in [-0.39, 0.29) is 4.95 Å². The second-order valence-corrected chi connectivity index (χ2v) is 4.83. The first-order chi connectivity index (χ1) is 8.25. The molecule has 1 aliphatic rings. The number of hydrazine groups is 1. The first-order valence-electron chi connectivity index (χ1n) is 5.20. The van der Waals surface area contributed by atoms with E-state index in [1.54, 1.807) is 17.4 Å². The van der Waals surface area contributed by atoms with Gasteiger partial charge in [-0.3, -0.25) is 15.0 Å². The Morgan fingerprint density at radius 3 is 2.88 bits per heavy atom. The molecule has 0 amide bonds. The smallest absolute Gasteiger partial charge is 0.148 e. The van der Waals surface area contributed by atoms with Crippen LogP contribution in [0, 0.1) is 0 Å². The van der Waals surface area contributed by atoms with Crippen LogP contribution in [0.2, 0.25) is 0 Å². The highest BCUT2D eigenvalue weighted by atomic mass is 79.9. The second-order valence-electron chi connectivity index (χ2n) is 3.77. The highest BCUT2D eigenvalue weighted by Gasteiger charge is 2.23. The van der Waals surface area contributed by atoms with Gasteiger partial charge in [-0.25, -0.2) is 10.8 Å². The number of aromatic nitrogens is 2. The van der Waals surface area contributed by atoms with Gasteiger partial charge in [-0.1, -0.05) is 22.0 Å². The second kappa shape index (κ2) is 4.05. The van der Waals surface area contributed by atoms with Gasteiger partial charge in [-0.05, 0) is 12.1 Å². The molecular formula is C11H10BrN5. The molecule has 0 aliphatic carbocycles. The predicted octanol–water partition coefficient (Wildman–Crippen LogP) is 1.29. The van der Waals surface area contributed by atoms with Gasteiger partial charge >= 0.3 is 0 Å². The number of rotatable bonds is 1. The molecule has 5 nitrogen and oxygen atoms in total. The lowest BCUT2D eigenvalue weighted by Gasteiger charge is -2.14. The van der Waals surface area contributed by atoms with Gasteiger partial charge in [0.15, 0.2) is 0 Å². The lowest BCUT2D eigenvalue weighted by molar-refractivity contribution is 0.478. The van der Waals surface area contributed by atoms with Crippen molar-refractivity contribution >= 4 is 32.8 Å². The van der Waals surface area contributed by atoms with E-state index in [0.29, 0.717) is 6.54 Å². The topological polar surface area (TPSA) is 67.4 Å². The Morgan fingerprint density at radius 1 is 1.29 bits per heavy atom. The lowest BCUT2D eigenvalue weighted by atomic mass is 10.1. The fraction of sp³-hybridized carbons (Fsp3) is 0.182. The number of hydrogen-bond donors (Lipinski definition) is 1. The number of halogens is 1. The molecule has 1 aromatic heterocycles. The molecule has 0 saturated carbocycles. The van der Waals surface area contributed by atoms with Crippen LogP contribution < -0.4 is 5.84 Å². The van der Waals surface area contributed by atoms with Crippen molar-refractivity contribution in [3.05, 3.63) is 36.2 Å². The van der Waals surface area contributed by atoms with E-state index in [9.17, 15) is 0 Å². The Morgan fingerprint density at radius 2 is 2.12 bits per heavy atom. The van der Waals surface area contributed by atoms with Crippen LogP contribution in [0.1, 0.15) is 5.56 Å². The zero-order chi connectivity index (χ0) is 11.8. The Labute approximate surface area is 106 Å². The molecule has 3 rings (SSSR count). The van der Waals surface area contributed by atoms with Crippen molar-refractivity contribution in [1.82, 2.24) is 15.0 Å². The number of nitrogens with zero attached hydrogens (tertiary/aromatic N) is 4. The van der Waals surface area contributed by atoms with Gasteiger partial charge in [-0.15, -0.1) is 0 Å². The zero-order valence-electron chi connectivity index (χ0n) is 8.92. The Hall–Kier alpha value is -1.53. The van der Waals surface area contributed by atoms with Crippen molar-refractivity contribution in [3.8, 4) is 0 Å². The standard InChI is InChI=1S/C11H10BrN5/c12-9-6-17(13)11(16-9)7-2-1-3-8-10(7)15-5-4-14-8/h1-5,9H,6,13H2. The van der Waals surface area contributed by atoms with Crippen LogP contribution in [0.15, 0.2) is 35.6 Å². The van der Waals surface area contributed by atoms with Crippen LogP contribution >= 0.6 is 15.9 Å². The highest BCUT2D eigenvalue weighted by Crippen LogP contribution is 2.21. The number of aliphatic imine (C=N–C) groups is 1. The molecular weight excluding hydrogens is 282 g/mol. The van der Waals surface area contributed by atoms with E-state index in [1.165, 1.54) is 0 Å². The van der Waals surface area contributed by atoms with Gasteiger partial charge in [-0.2, -0.15) is 0 Å². The fourth-order valence-corrected chi connectivity index (χ4v) is 2.40. The third-order valence-electron chi connectivity index (χ3n) is 2.62. The molecule has 86 valence electrons. The van der Waals surface area contributed by atoms with Crippen LogP contribution in [0.3, 0.4) is 0 Å². The molecule has 0 spiro atoms. The molecule has 2 aromatic rings.